The Morgan fingerprint density at radius 1 is 1.25 bits per heavy atom. The number of H-pyrrole nitrogens is 1. The maximum Gasteiger partial charge on any atom is 1.00 e. The van der Waals surface area contributed by atoms with Gasteiger partial charge in [-0.1, -0.05) is 18.2 Å². The number of fused-ring (bicyclic) bond motifs is 1. The smallest absolute Gasteiger partial charge is 0.445 e. The molecule has 3 nitrogen and oxygen atoms in total. The van der Waals surface area contributed by atoms with Crippen LogP contribution in [0.2, 0.25) is 0 Å². The van der Waals surface area contributed by atoms with Gasteiger partial charge in [0.1, 0.15) is 0 Å². The van der Waals surface area contributed by atoms with Crippen LogP contribution in [0.5, 0.6) is 0 Å². The quantitative estimate of drug-likeness (QED) is 0.596. The molecule has 78 valence electrons. The molecule has 0 saturated carbocycles. The first-order chi connectivity index (χ1) is 6.98. The predicted octanol–water partition coefficient (Wildman–Crippen LogP) is -2.02. The summed E-state index contributed by atoms with van der Waals surface area (Å²) in [6.07, 6.45) is 1.31. The van der Waals surface area contributed by atoms with E-state index >= 15 is 0 Å². The topological polar surface area (TPSA) is 45.8 Å². The van der Waals surface area contributed by atoms with Crippen LogP contribution < -0.4 is 62.4 Å². The summed E-state index contributed by atoms with van der Waals surface area (Å²) in [5.74, 6) is 0. The number of nitrogens with zero attached hydrogens (tertiary/aromatic N) is 1. The summed E-state index contributed by atoms with van der Waals surface area (Å²) in [5, 5.41) is 5.97. The monoisotopic (exact) mass is 252 g/mol. The van der Waals surface area contributed by atoms with Crippen molar-refractivity contribution in [3.05, 3.63) is 34.7 Å². The molecule has 1 aromatic carbocycles. The Bertz CT molecular complexity index is 569. The van der Waals surface area contributed by atoms with Crippen molar-refractivity contribution in [1.82, 2.24) is 10.2 Å². The van der Waals surface area contributed by atoms with E-state index in [0.29, 0.717) is 5.39 Å². The molecule has 1 heterocycles. The number of aromatic nitrogens is 2. The summed E-state index contributed by atoms with van der Waals surface area (Å²) in [5.41, 5.74) is -1.39. The van der Waals surface area contributed by atoms with Gasteiger partial charge in [0, 0.05) is 10.8 Å². The van der Waals surface area contributed by atoms with E-state index in [0.717, 1.165) is 12.1 Å². The third kappa shape index (κ3) is 2.75. The number of halogens is 3. The van der Waals surface area contributed by atoms with Crippen molar-refractivity contribution in [3.8, 4) is 0 Å². The van der Waals surface area contributed by atoms with Crippen molar-refractivity contribution < 1.29 is 64.3 Å². The minimum atomic E-state index is -5.07. The van der Waals surface area contributed by atoms with Gasteiger partial charge in [-0.25, -0.2) is 5.10 Å². The molecule has 16 heavy (non-hydrogen) atoms. The average Bonchev–Trinajstić information content (AvgIpc) is 2.16. The van der Waals surface area contributed by atoms with Crippen LogP contribution in [0.15, 0.2) is 29.2 Å². The van der Waals surface area contributed by atoms with E-state index in [2.05, 4.69) is 10.2 Å². The molecule has 0 saturated heterocycles. The summed E-state index contributed by atoms with van der Waals surface area (Å²) in [6, 6.07) is 3.03. The maximum atomic E-state index is 12.4. The van der Waals surface area contributed by atoms with Crippen molar-refractivity contribution in [2.45, 2.75) is 0 Å². The van der Waals surface area contributed by atoms with E-state index < -0.39 is 18.0 Å². The molecule has 8 heteroatoms. The summed E-state index contributed by atoms with van der Waals surface area (Å²) in [4.78, 5) is 11.2. The molecule has 0 aliphatic carbocycles. The first-order valence-electron chi connectivity index (χ1n) is 4.16. The van der Waals surface area contributed by atoms with Crippen LogP contribution in [-0.4, -0.2) is 17.2 Å². The molecule has 0 bridgehead atoms. The Hall–Kier alpha value is -0.149. The fourth-order valence-electron chi connectivity index (χ4n) is 1.31. The van der Waals surface area contributed by atoms with E-state index in [1.807, 2.05) is 0 Å². The normalized spacial score (nSPS) is 11.2. The van der Waals surface area contributed by atoms with Gasteiger partial charge in [0.25, 0.3) is 5.56 Å². The van der Waals surface area contributed by atoms with Crippen LogP contribution >= 0.6 is 0 Å². The van der Waals surface area contributed by atoms with Crippen molar-refractivity contribution >= 4 is 23.2 Å². The van der Waals surface area contributed by atoms with Gasteiger partial charge in [-0.05, 0) is 0 Å². The van der Waals surface area contributed by atoms with Gasteiger partial charge in [0.2, 0.25) is 0 Å². The van der Waals surface area contributed by atoms with Crippen LogP contribution in [0.1, 0.15) is 0 Å². The van der Waals surface area contributed by atoms with Gasteiger partial charge < -0.3 is 12.9 Å². The number of hydrogen-bond donors (Lipinski definition) is 1. The van der Waals surface area contributed by atoms with Crippen LogP contribution in [0.25, 0.3) is 10.8 Å². The third-order valence-electron chi connectivity index (χ3n) is 2.07. The Balaban J connectivity index is 0.00000128. The van der Waals surface area contributed by atoms with Crippen LogP contribution in [0.4, 0.5) is 12.9 Å². The van der Waals surface area contributed by atoms with Gasteiger partial charge in [-0.2, -0.15) is 5.10 Å². The molecule has 0 aliphatic heterocycles. The Morgan fingerprint density at radius 2 is 1.94 bits per heavy atom. The minimum Gasteiger partial charge on any atom is -0.445 e. The SMILES string of the molecule is O=c1[nH]ncc2ccc([B-](F)(F)F)cc12.[K+]. The molecule has 0 fully saturated rings. The molecule has 0 unspecified atom stereocenters. The molecule has 0 aliphatic rings. The largest absolute Gasteiger partial charge is 1.00 e. The molecule has 2 aromatic rings. The van der Waals surface area contributed by atoms with Gasteiger partial charge >= 0.3 is 58.4 Å². The summed E-state index contributed by atoms with van der Waals surface area (Å²) in [6.45, 7) is -5.07. The first kappa shape index (κ1) is 13.9. The number of aromatic amines is 1. The molecule has 0 spiro atoms. The molecule has 1 N–H and O–H groups in total. The number of hydrogen-bond acceptors (Lipinski definition) is 2. The molecule has 0 atom stereocenters. The summed E-state index contributed by atoms with van der Waals surface area (Å²) in [7, 11) is 0. The van der Waals surface area contributed by atoms with Crippen LogP contribution in [0.3, 0.4) is 0 Å². The van der Waals surface area contributed by atoms with Crippen LogP contribution in [0, 0.1) is 0 Å². The van der Waals surface area contributed by atoms with E-state index in [1.165, 1.54) is 12.3 Å². The average molecular weight is 252 g/mol. The Labute approximate surface area is 131 Å². The number of rotatable bonds is 1. The van der Waals surface area contributed by atoms with Crippen molar-refractivity contribution in [3.63, 3.8) is 0 Å². The van der Waals surface area contributed by atoms with E-state index in [4.69, 9.17) is 0 Å². The Kier molecular flexibility index (Phi) is 4.36. The first-order valence-corrected chi connectivity index (χ1v) is 4.16. The van der Waals surface area contributed by atoms with E-state index in [1.54, 1.807) is 0 Å². The zero-order valence-corrected chi connectivity index (χ0v) is 11.5. The molecular formula is C8H5BF3KN2O. The second-order valence-corrected chi connectivity index (χ2v) is 3.12. The number of benzene rings is 1. The van der Waals surface area contributed by atoms with Crippen molar-refractivity contribution in [2.24, 2.45) is 0 Å². The van der Waals surface area contributed by atoms with E-state index in [-0.39, 0.29) is 56.8 Å². The second kappa shape index (κ2) is 5.01. The summed E-state index contributed by atoms with van der Waals surface area (Å²) >= 11 is 0. The zero-order chi connectivity index (χ0) is 11.1. The minimum absolute atomic E-state index is 0. The number of nitrogens with one attached hydrogen (secondary N) is 1. The fraction of sp³-hybridized carbons (Fsp3) is 0. The standard InChI is InChI=1S/C8H5BF3N2O.K/c10-9(11,12)6-2-1-5-4-13-14-8(15)7(5)3-6;/h1-4H,(H,14,15);/q-1;+1. The van der Waals surface area contributed by atoms with Crippen molar-refractivity contribution in [2.75, 3.05) is 0 Å². The third-order valence-corrected chi connectivity index (χ3v) is 2.07. The Morgan fingerprint density at radius 3 is 2.56 bits per heavy atom. The van der Waals surface area contributed by atoms with Crippen molar-refractivity contribution in [1.29, 1.82) is 0 Å². The predicted molar refractivity (Wildman–Crippen MR) is 51.1 cm³/mol. The second-order valence-electron chi connectivity index (χ2n) is 3.12. The van der Waals surface area contributed by atoms with Gasteiger partial charge in [0.05, 0.1) is 6.20 Å². The molecule has 2 rings (SSSR count). The van der Waals surface area contributed by atoms with E-state index in [9.17, 15) is 17.7 Å². The van der Waals surface area contributed by atoms with Gasteiger partial charge in [0.15, 0.2) is 0 Å². The maximum absolute atomic E-state index is 12.4. The van der Waals surface area contributed by atoms with Crippen LogP contribution in [-0.2, 0) is 0 Å². The van der Waals surface area contributed by atoms with Gasteiger partial charge in [-0.3, -0.25) is 4.79 Å². The zero-order valence-electron chi connectivity index (χ0n) is 8.38. The molecule has 0 radical (unpaired) electrons. The molecule has 0 amide bonds. The molecule has 1 aromatic heterocycles. The van der Waals surface area contributed by atoms with Gasteiger partial charge in [-0.15, -0.1) is 5.46 Å². The molecular weight excluding hydrogens is 247 g/mol. The fourth-order valence-corrected chi connectivity index (χ4v) is 1.31. The summed E-state index contributed by atoms with van der Waals surface area (Å²) < 4.78 is 37.1.